The van der Waals surface area contributed by atoms with E-state index in [1.807, 2.05) is 0 Å². The van der Waals surface area contributed by atoms with Crippen molar-refractivity contribution < 1.29 is 9.53 Å². The van der Waals surface area contributed by atoms with Gasteiger partial charge < -0.3 is 10.1 Å². The Kier molecular flexibility index (Phi) is 6.00. The highest BCUT2D eigenvalue weighted by Crippen LogP contribution is 2.23. The number of benzene rings is 1. The number of nitrogens with one attached hydrogen (secondary N) is 3. The number of methoxy groups -OCH3 is 1. The van der Waals surface area contributed by atoms with Gasteiger partial charge >= 0.3 is 0 Å². The number of thiocarbonyl (C=S) groups is 1. The highest BCUT2D eigenvalue weighted by atomic mass is 32.1. The quantitative estimate of drug-likeness (QED) is 0.589. The Hall–Kier alpha value is -1.82. The van der Waals surface area contributed by atoms with Gasteiger partial charge in [0.25, 0.3) is 5.91 Å². The average molecular weight is 321 g/mol. The van der Waals surface area contributed by atoms with E-state index in [2.05, 4.69) is 23.1 Å². The van der Waals surface area contributed by atoms with Crippen LogP contribution in [0.5, 0.6) is 5.75 Å². The predicted molar refractivity (Wildman–Crippen MR) is 90.7 cm³/mol. The summed E-state index contributed by atoms with van der Waals surface area (Å²) in [5.74, 6) is 1.09. The molecule has 120 valence electrons. The Balaban J connectivity index is 1.78. The van der Waals surface area contributed by atoms with Crippen LogP contribution in [0.3, 0.4) is 0 Å². The molecular weight excluding hydrogens is 298 g/mol. The van der Waals surface area contributed by atoms with E-state index in [0.717, 1.165) is 6.42 Å². The molecule has 1 fully saturated rings. The first kappa shape index (κ1) is 16.5. The van der Waals surface area contributed by atoms with Crippen molar-refractivity contribution in [3.63, 3.8) is 0 Å². The highest BCUT2D eigenvalue weighted by Gasteiger charge is 2.21. The molecule has 1 aliphatic rings. The molecule has 0 unspecified atom stereocenters. The maximum absolute atomic E-state index is 12.0. The molecule has 0 aliphatic heterocycles. The zero-order valence-electron chi connectivity index (χ0n) is 13.0. The van der Waals surface area contributed by atoms with Crippen molar-refractivity contribution in [2.45, 2.75) is 38.6 Å². The van der Waals surface area contributed by atoms with E-state index >= 15 is 0 Å². The fourth-order valence-corrected chi connectivity index (χ4v) is 2.87. The van der Waals surface area contributed by atoms with Crippen LogP contribution < -0.4 is 20.9 Å². The minimum absolute atomic E-state index is 0.233. The zero-order valence-corrected chi connectivity index (χ0v) is 13.8. The van der Waals surface area contributed by atoms with Crippen molar-refractivity contribution in [2.75, 3.05) is 7.11 Å². The van der Waals surface area contributed by atoms with Gasteiger partial charge in [-0.2, -0.15) is 0 Å². The minimum Gasteiger partial charge on any atom is -0.497 e. The van der Waals surface area contributed by atoms with Crippen molar-refractivity contribution in [3.8, 4) is 5.75 Å². The number of hydrogen-bond acceptors (Lipinski definition) is 3. The van der Waals surface area contributed by atoms with Crippen molar-refractivity contribution in [2.24, 2.45) is 5.92 Å². The van der Waals surface area contributed by atoms with Crippen LogP contribution in [0.1, 0.15) is 43.0 Å². The number of rotatable bonds is 3. The van der Waals surface area contributed by atoms with Crippen molar-refractivity contribution in [1.29, 1.82) is 0 Å². The number of carbonyl (C=O) groups is 1. The molecule has 1 saturated carbocycles. The van der Waals surface area contributed by atoms with Gasteiger partial charge in [0.2, 0.25) is 0 Å². The van der Waals surface area contributed by atoms with Crippen LogP contribution >= 0.6 is 12.2 Å². The summed E-state index contributed by atoms with van der Waals surface area (Å²) in [5, 5.41) is 3.74. The Labute approximate surface area is 136 Å². The van der Waals surface area contributed by atoms with E-state index < -0.39 is 0 Å². The lowest BCUT2D eigenvalue weighted by molar-refractivity contribution is 0.0943. The second-order valence-electron chi connectivity index (χ2n) is 5.65. The Morgan fingerprint density at radius 2 is 1.86 bits per heavy atom. The molecule has 5 nitrogen and oxygen atoms in total. The third-order valence-electron chi connectivity index (χ3n) is 4.07. The van der Waals surface area contributed by atoms with Gasteiger partial charge in [-0.25, -0.2) is 0 Å². The number of hydrogen-bond donors (Lipinski definition) is 3. The molecule has 0 radical (unpaired) electrons. The summed E-state index contributed by atoms with van der Waals surface area (Å²) < 4.78 is 5.06. The lowest BCUT2D eigenvalue weighted by atomic mass is 9.86. The van der Waals surface area contributed by atoms with Crippen molar-refractivity contribution in [3.05, 3.63) is 29.8 Å². The van der Waals surface area contributed by atoms with Gasteiger partial charge in [0.15, 0.2) is 5.11 Å². The third-order valence-corrected chi connectivity index (χ3v) is 4.29. The number of ether oxygens (including phenoxy) is 1. The van der Waals surface area contributed by atoms with Gasteiger partial charge in [-0.15, -0.1) is 0 Å². The maximum Gasteiger partial charge on any atom is 0.269 e. The smallest absolute Gasteiger partial charge is 0.269 e. The molecule has 1 aromatic rings. The van der Waals surface area contributed by atoms with E-state index in [1.54, 1.807) is 31.4 Å². The SMILES string of the molecule is COc1ccc(C(=O)NNC(=S)N[C@@H]2CCCC[C@H]2C)cc1. The second-order valence-corrected chi connectivity index (χ2v) is 6.06. The number of amides is 1. The van der Waals surface area contributed by atoms with Crippen LogP contribution in [0.2, 0.25) is 0 Å². The maximum atomic E-state index is 12.0. The monoisotopic (exact) mass is 321 g/mol. The Morgan fingerprint density at radius 3 is 2.50 bits per heavy atom. The van der Waals surface area contributed by atoms with Crippen LogP contribution in [-0.4, -0.2) is 24.2 Å². The summed E-state index contributed by atoms with van der Waals surface area (Å²) in [4.78, 5) is 12.0. The standard InChI is InChI=1S/C16H23N3O2S/c1-11-5-3-4-6-14(11)17-16(22)19-18-15(20)12-7-9-13(21-2)10-8-12/h7-11,14H,3-6H2,1-2H3,(H,18,20)(H2,17,19,22)/t11-,14-/m1/s1. The fourth-order valence-electron chi connectivity index (χ4n) is 2.66. The van der Waals surface area contributed by atoms with Gasteiger partial charge in [-0.05, 0) is 55.2 Å². The van der Waals surface area contributed by atoms with Gasteiger partial charge in [0.1, 0.15) is 5.75 Å². The Morgan fingerprint density at radius 1 is 1.18 bits per heavy atom. The van der Waals surface area contributed by atoms with E-state index in [1.165, 1.54) is 19.3 Å². The summed E-state index contributed by atoms with van der Waals surface area (Å²) >= 11 is 5.24. The van der Waals surface area contributed by atoms with E-state index in [4.69, 9.17) is 17.0 Å². The molecule has 0 heterocycles. The lowest BCUT2D eigenvalue weighted by Gasteiger charge is -2.30. The second kappa shape index (κ2) is 7.98. The van der Waals surface area contributed by atoms with Crippen LogP contribution in [0.25, 0.3) is 0 Å². The summed E-state index contributed by atoms with van der Waals surface area (Å²) in [7, 11) is 1.59. The summed E-state index contributed by atoms with van der Waals surface area (Å²) in [6.45, 7) is 2.23. The van der Waals surface area contributed by atoms with E-state index in [-0.39, 0.29) is 5.91 Å². The van der Waals surface area contributed by atoms with Crippen molar-refractivity contribution >= 4 is 23.2 Å². The summed E-state index contributed by atoms with van der Waals surface area (Å²) in [6.07, 6.45) is 4.85. The molecular formula is C16H23N3O2S. The van der Waals surface area contributed by atoms with Crippen LogP contribution in [0, 0.1) is 5.92 Å². The Bertz CT molecular complexity index is 519. The van der Waals surface area contributed by atoms with Gasteiger partial charge in [-0.3, -0.25) is 15.6 Å². The molecule has 1 aromatic carbocycles. The van der Waals surface area contributed by atoms with E-state index in [9.17, 15) is 4.79 Å². The van der Waals surface area contributed by atoms with Crippen LogP contribution in [0.15, 0.2) is 24.3 Å². The van der Waals surface area contributed by atoms with Gasteiger partial charge in [0, 0.05) is 11.6 Å². The van der Waals surface area contributed by atoms with Gasteiger partial charge in [0.05, 0.1) is 7.11 Å². The summed E-state index contributed by atoms with van der Waals surface area (Å²) in [5.41, 5.74) is 5.92. The summed E-state index contributed by atoms with van der Waals surface area (Å²) in [6, 6.07) is 7.28. The third kappa shape index (κ3) is 4.59. The average Bonchev–Trinajstić information content (AvgIpc) is 2.55. The lowest BCUT2D eigenvalue weighted by Crippen LogP contribution is -2.51. The molecule has 0 aromatic heterocycles. The molecule has 0 saturated heterocycles. The molecule has 3 N–H and O–H groups in total. The minimum atomic E-state index is -0.233. The predicted octanol–water partition coefficient (Wildman–Crippen LogP) is 2.38. The van der Waals surface area contributed by atoms with Crippen LogP contribution in [-0.2, 0) is 0 Å². The number of carbonyl (C=O) groups excluding carboxylic acids is 1. The molecule has 2 atom stereocenters. The first-order valence-corrected chi connectivity index (χ1v) is 8.02. The highest BCUT2D eigenvalue weighted by molar-refractivity contribution is 7.80. The van der Waals surface area contributed by atoms with Crippen molar-refractivity contribution in [1.82, 2.24) is 16.2 Å². The van der Waals surface area contributed by atoms with Crippen LogP contribution in [0.4, 0.5) is 0 Å². The zero-order chi connectivity index (χ0) is 15.9. The molecule has 2 rings (SSSR count). The van der Waals surface area contributed by atoms with E-state index in [0.29, 0.717) is 28.4 Å². The molecule has 1 amide bonds. The largest absolute Gasteiger partial charge is 0.497 e. The first-order valence-electron chi connectivity index (χ1n) is 7.61. The fraction of sp³-hybridized carbons (Fsp3) is 0.500. The molecule has 0 spiro atoms. The topological polar surface area (TPSA) is 62.4 Å². The molecule has 6 heteroatoms. The molecule has 1 aliphatic carbocycles. The molecule has 0 bridgehead atoms. The number of hydrazine groups is 1. The van der Waals surface area contributed by atoms with Gasteiger partial charge in [-0.1, -0.05) is 19.8 Å². The molecule has 22 heavy (non-hydrogen) atoms. The normalized spacial score (nSPS) is 20.8. The first-order chi connectivity index (χ1) is 10.6.